The van der Waals surface area contributed by atoms with Crippen molar-refractivity contribution >= 4 is 5.96 Å². The van der Waals surface area contributed by atoms with Crippen LogP contribution in [0.25, 0.3) is 0 Å². The molecule has 0 aliphatic carbocycles. The SMILES string of the molecule is CN=C(NCCOCC(C)C)N1CC(C)(C)C1(C)C. The van der Waals surface area contributed by atoms with Crippen LogP contribution in [0.5, 0.6) is 0 Å². The summed E-state index contributed by atoms with van der Waals surface area (Å²) in [5, 5.41) is 3.39. The molecule has 1 aliphatic heterocycles. The standard InChI is InChI=1S/C15H31N3O/c1-12(2)10-19-9-8-17-13(16-7)18-11-14(3,4)15(18,5)6/h12H,8-11H2,1-7H3,(H,16,17). The number of aliphatic imine (C=N–C) groups is 1. The molecule has 0 aromatic rings. The third-order valence-electron chi connectivity index (χ3n) is 4.33. The summed E-state index contributed by atoms with van der Waals surface area (Å²) in [4.78, 5) is 6.72. The number of ether oxygens (including phenoxy) is 1. The van der Waals surface area contributed by atoms with Crippen LogP contribution in [0.1, 0.15) is 41.5 Å². The van der Waals surface area contributed by atoms with E-state index in [0.29, 0.717) is 11.3 Å². The summed E-state index contributed by atoms with van der Waals surface area (Å²) in [6.07, 6.45) is 0. The van der Waals surface area contributed by atoms with Gasteiger partial charge in [0.2, 0.25) is 0 Å². The highest BCUT2D eigenvalue weighted by atomic mass is 16.5. The van der Waals surface area contributed by atoms with Gasteiger partial charge >= 0.3 is 0 Å². The average Bonchev–Trinajstić information content (AvgIpc) is 2.31. The molecule has 0 saturated carbocycles. The van der Waals surface area contributed by atoms with Crippen molar-refractivity contribution < 1.29 is 4.74 Å². The summed E-state index contributed by atoms with van der Waals surface area (Å²) < 4.78 is 5.58. The van der Waals surface area contributed by atoms with Crippen molar-refractivity contribution in [3.8, 4) is 0 Å². The van der Waals surface area contributed by atoms with E-state index in [1.54, 1.807) is 0 Å². The first-order valence-electron chi connectivity index (χ1n) is 7.28. The van der Waals surface area contributed by atoms with E-state index in [-0.39, 0.29) is 5.54 Å². The second-order valence-corrected chi connectivity index (χ2v) is 6.97. The van der Waals surface area contributed by atoms with Gasteiger partial charge in [-0.1, -0.05) is 27.7 Å². The Balaban J connectivity index is 2.37. The molecular weight excluding hydrogens is 238 g/mol. The Labute approximate surface area is 118 Å². The minimum Gasteiger partial charge on any atom is -0.379 e. The molecule has 1 rings (SSSR count). The minimum absolute atomic E-state index is 0.146. The number of nitrogens with one attached hydrogen (secondary N) is 1. The van der Waals surface area contributed by atoms with Crippen LogP contribution in [0.4, 0.5) is 0 Å². The first-order valence-corrected chi connectivity index (χ1v) is 7.28. The van der Waals surface area contributed by atoms with E-state index in [1.807, 2.05) is 7.05 Å². The molecule has 4 heteroatoms. The van der Waals surface area contributed by atoms with Crippen LogP contribution in [0.15, 0.2) is 4.99 Å². The highest BCUT2D eigenvalue weighted by Gasteiger charge is 2.53. The summed E-state index contributed by atoms with van der Waals surface area (Å²) in [5.74, 6) is 1.58. The molecular formula is C15H31N3O. The van der Waals surface area contributed by atoms with Crippen LogP contribution in [0.3, 0.4) is 0 Å². The number of nitrogens with zero attached hydrogens (tertiary/aromatic N) is 2. The highest BCUT2D eigenvalue weighted by Crippen LogP contribution is 2.46. The summed E-state index contributed by atoms with van der Waals surface area (Å²) in [6.45, 7) is 16.9. The number of likely N-dealkylation sites (tertiary alicyclic amines) is 1. The van der Waals surface area contributed by atoms with Crippen molar-refractivity contribution in [2.45, 2.75) is 47.1 Å². The van der Waals surface area contributed by atoms with Gasteiger partial charge in [0, 0.05) is 37.7 Å². The summed E-state index contributed by atoms with van der Waals surface area (Å²) >= 11 is 0. The van der Waals surface area contributed by atoms with Crippen molar-refractivity contribution in [1.29, 1.82) is 0 Å². The Kier molecular flexibility index (Phi) is 5.25. The molecule has 4 nitrogen and oxygen atoms in total. The molecule has 0 amide bonds. The zero-order valence-corrected chi connectivity index (χ0v) is 13.7. The van der Waals surface area contributed by atoms with Gasteiger partial charge in [0.25, 0.3) is 0 Å². The maximum absolute atomic E-state index is 5.58. The fourth-order valence-electron chi connectivity index (χ4n) is 2.25. The Morgan fingerprint density at radius 3 is 2.37 bits per heavy atom. The molecule has 0 atom stereocenters. The Hall–Kier alpha value is -0.770. The lowest BCUT2D eigenvalue weighted by Gasteiger charge is -2.62. The lowest BCUT2D eigenvalue weighted by molar-refractivity contribution is -0.0669. The molecule has 0 aromatic carbocycles. The quantitative estimate of drug-likeness (QED) is 0.473. The molecule has 1 saturated heterocycles. The number of hydrogen-bond acceptors (Lipinski definition) is 2. The van der Waals surface area contributed by atoms with Gasteiger partial charge in [-0.3, -0.25) is 4.99 Å². The molecule has 1 fully saturated rings. The number of rotatable bonds is 5. The van der Waals surface area contributed by atoms with Crippen LogP contribution >= 0.6 is 0 Å². The molecule has 1 N–H and O–H groups in total. The zero-order chi connectivity index (χ0) is 14.7. The Morgan fingerprint density at radius 1 is 1.32 bits per heavy atom. The van der Waals surface area contributed by atoms with Crippen LogP contribution in [-0.4, -0.2) is 49.7 Å². The topological polar surface area (TPSA) is 36.9 Å². The van der Waals surface area contributed by atoms with Gasteiger partial charge in [-0.05, 0) is 19.8 Å². The van der Waals surface area contributed by atoms with E-state index in [9.17, 15) is 0 Å². The van der Waals surface area contributed by atoms with Gasteiger partial charge < -0.3 is 15.0 Å². The zero-order valence-electron chi connectivity index (χ0n) is 13.7. The van der Waals surface area contributed by atoms with Crippen LogP contribution < -0.4 is 5.32 Å². The first kappa shape index (κ1) is 16.3. The van der Waals surface area contributed by atoms with Gasteiger partial charge in [0.1, 0.15) is 0 Å². The Bertz CT molecular complexity index is 321. The average molecular weight is 269 g/mol. The lowest BCUT2D eigenvalue weighted by Crippen LogP contribution is -2.72. The van der Waals surface area contributed by atoms with Gasteiger partial charge in [0.05, 0.1) is 6.61 Å². The molecule has 19 heavy (non-hydrogen) atoms. The van der Waals surface area contributed by atoms with Crippen molar-refractivity contribution in [3.63, 3.8) is 0 Å². The van der Waals surface area contributed by atoms with Crippen molar-refractivity contribution in [3.05, 3.63) is 0 Å². The molecule has 0 aromatic heterocycles. The van der Waals surface area contributed by atoms with Gasteiger partial charge in [0.15, 0.2) is 5.96 Å². The molecule has 112 valence electrons. The number of guanidine groups is 1. The monoisotopic (exact) mass is 269 g/mol. The van der Waals surface area contributed by atoms with Crippen LogP contribution in [0.2, 0.25) is 0 Å². The third kappa shape index (κ3) is 3.62. The highest BCUT2D eigenvalue weighted by molar-refractivity contribution is 5.81. The smallest absolute Gasteiger partial charge is 0.194 e. The molecule has 0 unspecified atom stereocenters. The summed E-state index contributed by atoms with van der Waals surface area (Å²) in [7, 11) is 1.85. The molecule has 0 bridgehead atoms. The Morgan fingerprint density at radius 2 is 1.95 bits per heavy atom. The maximum atomic E-state index is 5.58. The van der Waals surface area contributed by atoms with E-state index >= 15 is 0 Å². The molecule has 1 aliphatic rings. The van der Waals surface area contributed by atoms with Crippen LogP contribution in [-0.2, 0) is 4.74 Å². The predicted molar refractivity (Wildman–Crippen MR) is 81.6 cm³/mol. The lowest BCUT2D eigenvalue weighted by atomic mass is 9.65. The maximum Gasteiger partial charge on any atom is 0.194 e. The van der Waals surface area contributed by atoms with E-state index in [4.69, 9.17) is 4.74 Å². The summed E-state index contributed by atoms with van der Waals surface area (Å²) in [5.41, 5.74) is 0.479. The van der Waals surface area contributed by atoms with Gasteiger partial charge in [-0.2, -0.15) is 0 Å². The van der Waals surface area contributed by atoms with Crippen LogP contribution in [0, 0.1) is 11.3 Å². The fraction of sp³-hybridized carbons (Fsp3) is 0.933. The normalized spacial score (nSPS) is 21.5. The van der Waals surface area contributed by atoms with Gasteiger partial charge in [-0.15, -0.1) is 0 Å². The third-order valence-corrected chi connectivity index (χ3v) is 4.33. The molecule has 0 spiro atoms. The van der Waals surface area contributed by atoms with Crippen molar-refractivity contribution in [2.24, 2.45) is 16.3 Å². The van der Waals surface area contributed by atoms with Crippen molar-refractivity contribution in [2.75, 3.05) is 33.4 Å². The largest absolute Gasteiger partial charge is 0.379 e. The summed E-state index contributed by atoms with van der Waals surface area (Å²) in [6, 6.07) is 0. The second-order valence-electron chi connectivity index (χ2n) is 6.97. The molecule has 0 radical (unpaired) electrons. The fourth-order valence-corrected chi connectivity index (χ4v) is 2.25. The minimum atomic E-state index is 0.146. The van der Waals surface area contributed by atoms with E-state index in [2.05, 4.69) is 56.8 Å². The van der Waals surface area contributed by atoms with Crippen molar-refractivity contribution in [1.82, 2.24) is 10.2 Å². The van der Waals surface area contributed by atoms with E-state index < -0.39 is 0 Å². The second kappa shape index (κ2) is 6.12. The van der Waals surface area contributed by atoms with E-state index in [0.717, 1.165) is 32.3 Å². The van der Waals surface area contributed by atoms with Gasteiger partial charge in [-0.25, -0.2) is 0 Å². The van der Waals surface area contributed by atoms with E-state index in [1.165, 1.54) is 0 Å². The first-order chi connectivity index (χ1) is 8.72. The number of hydrogen-bond donors (Lipinski definition) is 1. The predicted octanol–water partition coefficient (Wildman–Crippen LogP) is 2.35. The molecule has 1 heterocycles.